The molecule has 1 aromatic rings. The highest BCUT2D eigenvalue weighted by Gasteiger charge is 2.26. The van der Waals surface area contributed by atoms with Gasteiger partial charge in [0.15, 0.2) is 0 Å². The van der Waals surface area contributed by atoms with Gasteiger partial charge in [-0.1, -0.05) is 12.1 Å². The topological polar surface area (TPSA) is 30.3 Å². The number of benzene rings is 1. The molecule has 1 aliphatic rings. The molecule has 2 rings (SSSR count). The number of hydrogen-bond acceptors (Lipinski definition) is 3. The van der Waals surface area contributed by atoms with Crippen LogP contribution in [0, 0.1) is 25.2 Å². The summed E-state index contributed by atoms with van der Waals surface area (Å²) in [6, 6.07) is 9.07. The van der Waals surface area contributed by atoms with Crippen molar-refractivity contribution in [3.05, 3.63) is 29.3 Å². The second kappa shape index (κ2) is 5.41. The maximum absolute atomic E-state index is 9.00. The van der Waals surface area contributed by atoms with Crippen LogP contribution in [0.3, 0.4) is 0 Å². The van der Waals surface area contributed by atoms with Crippen molar-refractivity contribution in [2.45, 2.75) is 26.3 Å². The first-order chi connectivity index (χ1) is 8.63. The summed E-state index contributed by atoms with van der Waals surface area (Å²) >= 11 is 0. The summed E-state index contributed by atoms with van der Waals surface area (Å²) in [4.78, 5) is 4.72. The van der Waals surface area contributed by atoms with Gasteiger partial charge in [0.05, 0.1) is 18.5 Å². The lowest BCUT2D eigenvalue weighted by Crippen LogP contribution is -2.52. The summed E-state index contributed by atoms with van der Waals surface area (Å²) in [6.45, 7) is 7.37. The molecular weight excluding hydrogens is 222 g/mol. The summed E-state index contributed by atoms with van der Waals surface area (Å²) in [7, 11) is 2.13. The number of hydrogen-bond donors (Lipinski definition) is 0. The van der Waals surface area contributed by atoms with E-state index in [0.29, 0.717) is 12.5 Å². The summed E-state index contributed by atoms with van der Waals surface area (Å²) in [5, 5.41) is 9.00. The maximum Gasteiger partial charge on any atom is 0.0643 e. The van der Waals surface area contributed by atoms with E-state index >= 15 is 0 Å². The average Bonchev–Trinajstić information content (AvgIpc) is 2.34. The molecule has 96 valence electrons. The molecule has 0 saturated carbocycles. The van der Waals surface area contributed by atoms with Gasteiger partial charge < -0.3 is 9.80 Å². The van der Waals surface area contributed by atoms with Gasteiger partial charge in [0.25, 0.3) is 0 Å². The number of rotatable bonds is 2. The highest BCUT2D eigenvalue weighted by Crippen LogP contribution is 2.27. The van der Waals surface area contributed by atoms with E-state index in [0.717, 1.165) is 19.6 Å². The zero-order valence-corrected chi connectivity index (χ0v) is 11.5. The van der Waals surface area contributed by atoms with Crippen LogP contribution in [0.2, 0.25) is 0 Å². The lowest BCUT2D eigenvalue weighted by Gasteiger charge is -2.41. The molecular formula is C15H21N3. The van der Waals surface area contributed by atoms with Crippen molar-refractivity contribution in [1.82, 2.24) is 4.90 Å². The van der Waals surface area contributed by atoms with Gasteiger partial charge in [-0.05, 0) is 38.1 Å². The van der Waals surface area contributed by atoms with Crippen molar-refractivity contribution < 1.29 is 0 Å². The number of piperazine rings is 1. The van der Waals surface area contributed by atoms with Crippen LogP contribution in [0.4, 0.5) is 5.69 Å². The standard InChI is InChI=1S/C15H21N3/c1-12-5-4-6-15(13(12)2)18-10-9-17(3)11-14(18)7-8-16/h4-6,14H,7,9-11H2,1-3H3. The largest absolute Gasteiger partial charge is 0.365 e. The highest BCUT2D eigenvalue weighted by atomic mass is 15.3. The van der Waals surface area contributed by atoms with Crippen molar-refractivity contribution in [2.24, 2.45) is 0 Å². The van der Waals surface area contributed by atoms with E-state index in [4.69, 9.17) is 5.26 Å². The second-order valence-electron chi connectivity index (χ2n) is 5.19. The molecule has 0 N–H and O–H groups in total. The molecule has 0 amide bonds. The lowest BCUT2D eigenvalue weighted by atomic mass is 10.0. The van der Waals surface area contributed by atoms with Gasteiger partial charge >= 0.3 is 0 Å². The fourth-order valence-corrected chi connectivity index (χ4v) is 2.65. The zero-order valence-electron chi connectivity index (χ0n) is 11.5. The smallest absolute Gasteiger partial charge is 0.0643 e. The van der Waals surface area contributed by atoms with Gasteiger partial charge in [0.2, 0.25) is 0 Å². The molecule has 18 heavy (non-hydrogen) atoms. The number of nitrogens with zero attached hydrogens (tertiary/aromatic N) is 3. The molecule has 3 heteroatoms. The normalized spacial score (nSPS) is 20.8. The number of nitriles is 1. The molecule has 0 radical (unpaired) electrons. The van der Waals surface area contributed by atoms with Crippen molar-refractivity contribution in [2.75, 3.05) is 31.6 Å². The SMILES string of the molecule is Cc1cccc(N2CCN(C)CC2CC#N)c1C. The van der Waals surface area contributed by atoms with Crippen LogP contribution in [0.15, 0.2) is 18.2 Å². The van der Waals surface area contributed by atoms with Crippen LogP contribution in [0.1, 0.15) is 17.5 Å². The molecule has 0 spiro atoms. The Morgan fingerprint density at radius 2 is 2.11 bits per heavy atom. The Morgan fingerprint density at radius 3 is 2.83 bits per heavy atom. The Kier molecular flexibility index (Phi) is 3.88. The monoisotopic (exact) mass is 243 g/mol. The molecule has 1 saturated heterocycles. The Hall–Kier alpha value is -1.53. The molecule has 1 heterocycles. The van der Waals surface area contributed by atoms with E-state index in [9.17, 15) is 0 Å². The van der Waals surface area contributed by atoms with Crippen LogP contribution in [-0.2, 0) is 0 Å². The summed E-state index contributed by atoms with van der Waals surface area (Å²) in [6.07, 6.45) is 0.595. The van der Waals surface area contributed by atoms with Crippen molar-refractivity contribution >= 4 is 5.69 Å². The Morgan fingerprint density at radius 1 is 1.33 bits per heavy atom. The lowest BCUT2D eigenvalue weighted by molar-refractivity contribution is 0.268. The van der Waals surface area contributed by atoms with Crippen LogP contribution in [0.5, 0.6) is 0 Å². The first-order valence-corrected chi connectivity index (χ1v) is 6.52. The van der Waals surface area contributed by atoms with Crippen LogP contribution in [0.25, 0.3) is 0 Å². The third-order valence-corrected chi connectivity index (χ3v) is 3.90. The summed E-state index contributed by atoms with van der Waals surface area (Å²) in [5.74, 6) is 0. The Balaban J connectivity index is 2.30. The zero-order chi connectivity index (χ0) is 13.1. The first kappa shape index (κ1) is 12.9. The average molecular weight is 243 g/mol. The Labute approximate surface area is 110 Å². The fraction of sp³-hybridized carbons (Fsp3) is 0.533. The second-order valence-corrected chi connectivity index (χ2v) is 5.19. The van der Waals surface area contributed by atoms with E-state index in [1.807, 2.05) is 0 Å². The minimum Gasteiger partial charge on any atom is -0.365 e. The van der Waals surface area contributed by atoms with E-state index in [1.165, 1.54) is 16.8 Å². The maximum atomic E-state index is 9.00. The van der Waals surface area contributed by atoms with E-state index in [-0.39, 0.29) is 0 Å². The van der Waals surface area contributed by atoms with E-state index in [2.05, 4.69) is 55.0 Å². The molecule has 0 aliphatic carbocycles. The molecule has 1 aromatic carbocycles. The number of anilines is 1. The van der Waals surface area contributed by atoms with Crippen molar-refractivity contribution in [3.8, 4) is 6.07 Å². The summed E-state index contributed by atoms with van der Waals surface area (Å²) in [5.41, 5.74) is 3.95. The number of likely N-dealkylation sites (N-methyl/N-ethyl adjacent to an activating group) is 1. The molecule has 1 atom stereocenters. The van der Waals surface area contributed by atoms with Gasteiger partial charge in [-0.15, -0.1) is 0 Å². The fourth-order valence-electron chi connectivity index (χ4n) is 2.65. The van der Waals surface area contributed by atoms with Crippen molar-refractivity contribution in [3.63, 3.8) is 0 Å². The van der Waals surface area contributed by atoms with E-state index < -0.39 is 0 Å². The van der Waals surface area contributed by atoms with Gasteiger partial charge in [-0.3, -0.25) is 0 Å². The van der Waals surface area contributed by atoms with Crippen molar-refractivity contribution in [1.29, 1.82) is 5.26 Å². The summed E-state index contributed by atoms with van der Waals surface area (Å²) < 4.78 is 0. The van der Waals surface area contributed by atoms with Gasteiger partial charge in [-0.25, -0.2) is 0 Å². The van der Waals surface area contributed by atoms with Crippen LogP contribution in [-0.4, -0.2) is 37.6 Å². The number of aryl methyl sites for hydroxylation is 1. The predicted octanol–water partition coefficient (Wildman–Crippen LogP) is 2.34. The first-order valence-electron chi connectivity index (χ1n) is 6.52. The molecule has 3 nitrogen and oxygen atoms in total. The quantitative estimate of drug-likeness (QED) is 0.798. The molecule has 1 unspecified atom stereocenters. The predicted molar refractivity (Wildman–Crippen MR) is 74.8 cm³/mol. The minimum atomic E-state index is 0.314. The molecule has 1 fully saturated rings. The molecule has 0 aromatic heterocycles. The van der Waals surface area contributed by atoms with Crippen LogP contribution >= 0.6 is 0 Å². The minimum absolute atomic E-state index is 0.314. The molecule has 1 aliphatic heterocycles. The third kappa shape index (κ3) is 2.49. The highest BCUT2D eigenvalue weighted by molar-refractivity contribution is 5.57. The van der Waals surface area contributed by atoms with Gasteiger partial charge in [-0.2, -0.15) is 5.26 Å². The third-order valence-electron chi connectivity index (χ3n) is 3.90. The van der Waals surface area contributed by atoms with Crippen LogP contribution < -0.4 is 4.90 Å². The van der Waals surface area contributed by atoms with Gasteiger partial charge in [0, 0.05) is 25.3 Å². The Bertz CT molecular complexity index is 461. The molecule has 0 bridgehead atoms. The van der Waals surface area contributed by atoms with E-state index in [1.54, 1.807) is 0 Å². The van der Waals surface area contributed by atoms with Gasteiger partial charge in [0.1, 0.15) is 0 Å².